The highest BCUT2D eigenvalue weighted by Crippen LogP contribution is 2.16. The summed E-state index contributed by atoms with van der Waals surface area (Å²) in [6, 6.07) is 2.89. The summed E-state index contributed by atoms with van der Waals surface area (Å²) in [7, 11) is -3.70. The molecular weight excluding hydrogens is 202 g/mol. The first-order chi connectivity index (χ1) is 5.52. The number of hydrogen-bond donors (Lipinski definition) is 0. The molecule has 66 valence electrons. The number of rotatable bonds is 3. The molecule has 0 radical (unpaired) electrons. The van der Waals surface area contributed by atoms with E-state index in [-0.39, 0.29) is 4.21 Å². The molecule has 0 aliphatic heterocycles. The first kappa shape index (κ1) is 9.14. The van der Waals surface area contributed by atoms with Gasteiger partial charge in [-0.15, -0.1) is 11.3 Å². The predicted octanol–water partition coefficient (Wildman–Crippen LogP) is 0.756. The van der Waals surface area contributed by atoms with E-state index >= 15 is 0 Å². The van der Waals surface area contributed by atoms with Crippen molar-refractivity contribution in [3.63, 3.8) is 0 Å². The third-order valence-electron chi connectivity index (χ3n) is 1.08. The van der Waals surface area contributed by atoms with E-state index < -0.39 is 20.6 Å². The van der Waals surface area contributed by atoms with E-state index in [1.54, 1.807) is 5.38 Å². The molecule has 0 N–H and O–H groups in total. The van der Waals surface area contributed by atoms with E-state index in [2.05, 4.69) is 0 Å². The topological polar surface area (TPSA) is 77.3 Å². The van der Waals surface area contributed by atoms with Crippen molar-refractivity contribution in [2.75, 3.05) is 5.88 Å². The van der Waals surface area contributed by atoms with Crippen LogP contribution in [0.15, 0.2) is 21.7 Å². The Hall–Kier alpha value is -0.950. The minimum Gasteiger partial charge on any atom is -0.263 e. The zero-order valence-corrected chi connectivity index (χ0v) is 7.47. The largest absolute Gasteiger partial charge is 0.306 e. The fourth-order valence-corrected chi connectivity index (χ4v) is 2.69. The highest BCUT2D eigenvalue weighted by atomic mass is 32.2. The molecule has 0 unspecified atom stereocenters. The summed E-state index contributed by atoms with van der Waals surface area (Å²) in [4.78, 5) is 9.09. The van der Waals surface area contributed by atoms with Crippen LogP contribution in [0.1, 0.15) is 0 Å². The fraction of sp³-hybridized carbons (Fsp3) is 0.200. The smallest absolute Gasteiger partial charge is 0.263 e. The Balaban J connectivity index is 2.96. The number of nitro groups is 1. The zero-order chi connectivity index (χ0) is 9.19. The first-order valence-electron chi connectivity index (χ1n) is 2.90. The van der Waals surface area contributed by atoms with Gasteiger partial charge in [0.05, 0.1) is 0 Å². The lowest BCUT2D eigenvalue weighted by atomic mass is 10.7. The third-order valence-corrected chi connectivity index (χ3v) is 4.09. The maximum atomic E-state index is 11.1. The summed E-state index contributed by atoms with van der Waals surface area (Å²) in [5.41, 5.74) is 0. The molecule has 0 atom stereocenters. The Morgan fingerprint density at radius 2 is 2.25 bits per heavy atom. The van der Waals surface area contributed by atoms with Crippen LogP contribution in [0.3, 0.4) is 0 Å². The van der Waals surface area contributed by atoms with E-state index in [0.717, 1.165) is 11.3 Å². The number of hydrogen-bond acceptors (Lipinski definition) is 5. The van der Waals surface area contributed by atoms with Crippen LogP contribution >= 0.6 is 11.3 Å². The van der Waals surface area contributed by atoms with Gasteiger partial charge in [0.15, 0.2) is 0 Å². The first-order valence-corrected chi connectivity index (χ1v) is 5.43. The van der Waals surface area contributed by atoms with Crippen molar-refractivity contribution in [2.24, 2.45) is 0 Å². The molecule has 0 fully saturated rings. The number of sulfone groups is 1. The maximum absolute atomic E-state index is 11.1. The molecule has 5 nitrogen and oxygen atoms in total. The van der Waals surface area contributed by atoms with Gasteiger partial charge in [-0.3, -0.25) is 10.1 Å². The second kappa shape index (κ2) is 3.20. The van der Waals surface area contributed by atoms with E-state index in [4.69, 9.17) is 0 Å². The van der Waals surface area contributed by atoms with Crippen molar-refractivity contribution in [1.82, 2.24) is 0 Å². The molecule has 0 amide bonds. The van der Waals surface area contributed by atoms with Crippen LogP contribution in [0.4, 0.5) is 0 Å². The van der Waals surface area contributed by atoms with Crippen LogP contribution in [0.25, 0.3) is 0 Å². The van der Waals surface area contributed by atoms with Crippen molar-refractivity contribution >= 4 is 21.2 Å². The van der Waals surface area contributed by atoms with Crippen molar-refractivity contribution in [1.29, 1.82) is 0 Å². The monoisotopic (exact) mass is 207 g/mol. The molecule has 7 heteroatoms. The summed E-state index contributed by atoms with van der Waals surface area (Å²) < 4.78 is 22.2. The van der Waals surface area contributed by atoms with Gasteiger partial charge in [0.25, 0.3) is 9.84 Å². The number of nitrogens with zero attached hydrogens (tertiary/aromatic N) is 1. The van der Waals surface area contributed by atoms with Gasteiger partial charge >= 0.3 is 5.88 Å². The normalized spacial score (nSPS) is 11.3. The molecule has 1 rings (SSSR count). The zero-order valence-electron chi connectivity index (χ0n) is 5.84. The van der Waals surface area contributed by atoms with E-state index in [1.165, 1.54) is 12.1 Å². The van der Waals surface area contributed by atoms with Gasteiger partial charge < -0.3 is 0 Å². The molecule has 0 aromatic carbocycles. The van der Waals surface area contributed by atoms with Crippen molar-refractivity contribution in [2.45, 2.75) is 4.21 Å². The van der Waals surface area contributed by atoms with Crippen LogP contribution in [-0.4, -0.2) is 19.2 Å². The molecule has 0 bridgehead atoms. The Morgan fingerprint density at radius 1 is 1.58 bits per heavy atom. The van der Waals surface area contributed by atoms with E-state index in [9.17, 15) is 18.5 Å². The Bertz CT molecular complexity index is 366. The molecule has 1 aromatic rings. The Labute approximate surface area is 72.7 Å². The predicted molar refractivity (Wildman–Crippen MR) is 43.4 cm³/mol. The molecular formula is C5H5NO4S2. The minimum atomic E-state index is -3.70. The minimum absolute atomic E-state index is 0.0409. The van der Waals surface area contributed by atoms with Crippen molar-refractivity contribution in [3.05, 3.63) is 27.6 Å². The number of thiophene rings is 1. The van der Waals surface area contributed by atoms with Gasteiger partial charge in [-0.05, 0) is 11.4 Å². The summed E-state index contributed by atoms with van der Waals surface area (Å²) >= 11 is 0.979. The van der Waals surface area contributed by atoms with Crippen molar-refractivity contribution < 1.29 is 13.3 Å². The molecule has 1 aromatic heterocycles. The van der Waals surface area contributed by atoms with Crippen molar-refractivity contribution in [3.8, 4) is 0 Å². The summed E-state index contributed by atoms with van der Waals surface area (Å²) in [5.74, 6) is -1.03. The lowest BCUT2D eigenvalue weighted by Gasteiger charge is -1.93. The van der Waals surface area contributed by atoms with Gasteiger partial charge in [-0.1, -0.05) is 6.07 Å². The van der Waals surface area contributed by atoms with E-state index in [0.29, 0.717) is 0 Å². The van der Waals surface area contributed by atoms with Gasteiger partial charge in [0, 0.05) is 4.92 Å². The second-order valence-corrected chi connectivity index (χ2v) is 5.14. The maximum Gasteiger partial charge on any atom is 0.306 e. The van der Waals surface area contributed by atoms with Crippen LogP contribution in [0, 0.1) is 10.1 Å². The van der Waals surface area contributed by atoms with Gasteiger partial charge in [-0.2, -0.15) is 0 Å². The summed E-state index contributed by atoms with van der Waals surface area (Å²) in [6.07, 6.45) is 0. The average Bonchev–Trinajstić information content (AvgIpc) is 2.32. The fourth-order valence-electron chi connectivity index (χ4n) is 0.643. The van der Waals surface area contributed by atoms with E-state index in [1.807, 2.05) is 0 Å². The molecule has 12 heavy (non-hydrogen) atoms. The molecule has 0 aliphatic carbocycles. The molecule has 0 aliphatic rings. The quantitative estimate of drug-likeness (QED) is 0.541. The summed E-state index contributed by atoms with van der Waals surface area (Å²) in [6.45, 7) is 0. The average molecular weight is 207 g/mol. The van der Waals surface area contributed by atoms with Gasteiger partial charge in [0.2, 0.25) is 0 Å². The summed E-state index contributed by atoms with van der Waals surface area (Å²) in [5, 5.41) is 11.5. The van der Waals surface area contributed by atoms with Crippen LogP contribution in [0.5, 0.6) is 0 Å². The second-order valence-electron chi connectivity index (χ2n) is 2.01. The Morgan fingerprint density at radius 3 is 2.67 bits per heavy atom. The molecule has 0 saturated heterocycles. The van der Waals surface area contributed by atoms with Gasteiger partial charge in [0.1, 0.15) is 4.21 Å². The third kappa shape index (κ3) is 2.02. The molecule has 1 heterocycles. The van der Waals surface area contributed by atoms with Crippen LogP contribution in [-0.2, 0) is 9.84 Å². The van der Waals surface area contributed by atoms with Crippen LogP contribution in [0.2, 0.25) is 0 Å². The highest BCUT2D eigenvalue weighted by Gasteiger charge is 2.21. The standard InChI is InChI=1S/C5H5NO4S2/c7-6(8)4-12(9,10)5-2-1-3-11-5/h1-3H,4H2. The molecule has 0 saturated carbocycles. The van der Waals surface area contributed by atoms with Crippen LogP contribution < -0.4 is 0 Å². The highest BCUT2D eigenvalue weighted by molar-refractivity contribution is 7.93. The molecule has 0 spiro atoms. The Kier molecular flexibility index (Phi) is 2.43. The SMILES string of the molecule is O=[N+]([O-])CS(=O)(=O)c1cccs1. The van der Waals surface area contributed by atoms with Gasteiger partial charge in [-0.25, -0.2) is 8.42 Å². The lowest BCUT2D eigenvalue weighted by molar-refractivity contribution is -0.458. The lowest BCUT2D eigenvalue weighted by Crippen LogP contribution is -2.13.